The van der Waals surface area contributed by atoms with Gasteiger partial charge in [0.05, 0.1) is 49.8 Å². The molecule has 0 aliphatic heterocycles. The maximum atomic E-state index is 5.34. The van der Waals surface area contributed by atoms with Crippen molar-refractivity contribution in [3.05, 3.63) is 176 Å². The summed E-state index contributed by atoms with van der Waals surface area (Å²) in [4.78, 5) is 10.6. The lowest BCUT2D eigenvalue weighted by Crippen LogP contribution is -2.03. The SMILES string of the molecule is c1ccc(-c2nc(-n3c4ccccc4c4c5c6ccccc6n(-c6cc7c8ccccc8n8c9ccccc9c(c6)c78)c5ccc43)nc3ccccc23)cc1. The maximum Gasteiger partial charge on any atom is 0.235 e. The molecular formula is C50H29N5. The van der Waals surface area contributed by atoms with E-state index in [1.165, 1.54) is 70.7 Å². The maximum absolute atomic E-state index is 5.34. The molecule has 0 amide bonds. The molecule has 0 unspecified atom stereocenters. The Labute approximate surface area is 313 Å². The highest BCUT2D eigenvalue weighted by Crippen LogP contribution is 2.45. The topological polar surface area (TPSA) is 40.0 Å². The van der Waals surface area contributed by atoms with Crippen LogP contribution in [0.2, 0.25) is 0 Å². The van der Waals surface area contributed by atoms with Gasteiger partial charge in [0.15, 0.2) is 0 Å². The van der Waals surface area contributed by atoms with Gasteiger partial charge in [0, 0.05) is 59.7 Å². The second-order valence-corrected chi connectivity index (χ2v) is 14.6. The normalized spacial score (nSPS) is 12.4. The smallest absolute Gasteiger partial charge is 0.235 e. The third kappa shape index (κ3) is 3.76. The predicted octanol–water partition coefficient (Wildman–Crippen LogP) is 12.6. The van der Waals surface area contributed by atoms with Crippen molar-refractivity contribution in [2.24, 2.45) is 0 Å². The largest absolute Gasteiger partial charge is 0.309 e. The summed E-state index contributed by atoms with van der Waals surface area (Å²) in [7, 11) is 0. The van der Waals surface area contributed by atoms with Crippen molar-refractivity contribution >= 4 is 92.6 Å². The van der Waals surface area contributed by atoms with Gasteiger partial charge in [-0.3, -0.25) is 4.57 Å². The fourth-order valence-corrected chi connectivity index (χ4v) is 9.56. The Morgan fingerprint density at radius 1 is 0.345 bits per heavy atom. The lowest BCUT2D eigenvalue weighted by Gasteiger charge is -2.12. The third-order valence-corrected chi connectivity index (χ3v) is 11.8. The fourth-order valence-electron chi connectivity index (χ4n) is 9.56. The fraction of sp³-hybridized carbons (Fsp3) is 0. The Balaban J connectivity index is 1.15. The Hall–Kier alpha value is -7.50. The van der Waals surface area contributed by atoms with Crippen LogP contribution in [0, 0.1) is 0 Å². The lowest BCUT2D eigenvalue weighted by molar-refractivity contribution is 1.01. The van der Waals surface area contributed by atoms with Gasteiger partial charge < -0.3 is 8.97 Å². The van der Waals surface area contributed by atoms with Crippen molar-refractivity contribution in [3.8, 4) is 22.9 Å². The highest BCUT2D eigenvalue weighted by atomic mass is 15.2. The molecule has 0 aliphatic rings. The molecule has 13 rings (SSSR count). The van der Waals surface area contributed by atoms with Gasteiger partial charge in [-0.15, -0.1) is 0 Å². The second kappa shape index (κ2) is 10.6. The van der Waals surface area contributed by atoms with Gasteiger partial charge in [0.2, 0.25) is 5.95 Å². The zero-order valence-corrected chi connectivity index (χ0v) is 29.5. The van der Waals surface area contributed by atoms with E-state index < -0.39 is 0 Å². The minimum Gasteiger partial charge on any atom is -0.309 e. The summed E-state index contributed by atoms with van der Waals surface area (Å²) in [6, 6.07) is 63.3. The molecule has 5 heterocycles. The zero-order chi connectivity index (χ0) is 35.8. The van der Waals surface area contributed by atoms with E-state index in [0.29, 0.717) is 5.95 Å². The highest BCUT2D eigenvalue weighted by molar-refractivity contribution is 6.29. The molecule has 0 N–H and O–H groups in total. The van der Waals surface area contributed by atoms with E-state index in [-0.39, 0.29) is 0 Å². The van der Waals surface area contributed by atoms with Crippen LogP contribution < -0.4 is 0 Å². The highest BCUT2D eigenvalue weighted by Gasteiger charge is 2.24. The van der Waals surface area contributed by atoms with E-state index in [1.807, 2.05) is 6.07 Å². The molecule has 13 aromatic rings. The summed E-state index contributed by atoms with van der Waals surface area (Å²) < 4.78 is 7.17. The number of hydrogen-bond acceptors (Lipinski definition) is 2. The van der Waals surface area contributed by atoms with Crippen molar-refractivity contribution in [1.82, 2.24) is 23.5 Å². The van der Waals surface area contributed by atoms with Gasteiger partial charge >= 0.3 is 0 Å². The van der Waals surface area contributed by atoms with Crippen LogP contribution in [0.25, 0.3) is 116 Å². The molecule has 5 aromatic heterocycles. The van der Waals surface area contributed by atoms with Gasteiger partial charge in [-0.2, -0.15) is 0 Å². The van der Waals surface area contributed by atoms with Crippen LogP contribution in [0.15, 0.2) is 176 Å². The summed E-state index contributed by atoms with van der Waals surface area (Å²) in [5, 5.41) is 10.9. The van der Waals surface area contributed by atoms with E-state index in [4.69, 9.17) is 9.97 Å². The summed E-state index contributed by atoms with van der Waals surface area (Å²) in [5.41, 5.74) is 12.3. The number of rotatable bonds is 3. The predicted molar refractivity (Wildman–Crippen MR) is 228 cm³/mol. The zero-order valence-electron chi connectivity index (χ0n) is 29.5. The average molecular weight is 700 g/mol. The molecule has 5 nitrogen and oxygen atoms in total. The standard InChI is InChI=1S/C50H29N5/c1-2-14-30(15-3-1)48-34-18-4-9-21-39(34)51-50(52-48)55-43-25-13-8-20-36(43)47-45(55)27-26-44-46(47)35-19-7-12-24-42(35)53(44)31-28-37-32-16-5-10-22-40(32)54-41-23-11-6-17-33(41)38(29-31)49(37)54/h1-29H. The van der Waals surface area contributed by atoms with Crippen molar-refractivity contribution in [2.75, 3.05) is 0 Å². The van der Waals surface area contributed by atoms with Crippen molar-refractivity contribution in [1.29, 1.82) is 0 Å². The van der Waals surface area contributed by atoms with Gasteiger partial charge in [-0.05, 0) is 54.6 Å². The van der Waals surface area contributed by atoms with Crippen LogP contribution >= 0.6 is 0 Å². The van der Waals surface area contributed by atoms with Crippen molar-refractivity contribution in [3.63, 3.8) is 0 Å². The first-order chi connectivity index (χ1) is 27.3. The van der Waals surface area contributed by atoms with Gasteiger partial charge in [-0.25, -0.2) is 9.97 Å². The summed E-state index contributed by atoms with van der Waals surface area (Å²) in [6.45, 7) is 0. The average Bonchev–Trinajstić information content (AvgIpc) is 3.97. The molecule has 0 saturated heterocycles. The lowest BCUT2D eigenvalue weighted by atomic mass is 10.1. The molecule has 0 atom stereocenters. The minimum absolute atomic E-state index is 0.662. The second-order valence-electron chi connectivity index (χ2n) is 14.6. The minimum atomic E-state index is 0.662. The van der Waals surface area contributed by atoms with Crippen molar-refractivity contribution in [2.45, 2.75) is 0 Å². The summed E-state index contributed by atoms with van der Waals surface area (Å²) >= 11 is 0. The first-order valence-corrected chi connectivity index (χ1v) is 18.8. The Bertz CT molecular complexity index is 3630. The monoisotopic (exact) mass is 699 g/mol. The van der Waals surface area contributed by atoms with Crippen LogP contribution in [0.5, 0.6) is 0 Å². The third-order valence-electron chi connectivity index (χ3n) is 11.8. The number of fused-ring (bicyclic) bond motifs is 14. The van der Waals surface area contributed by atoms with E-state index >= 15 is 0 Å². The van der Waals surface area contributed by atoms with E-state index in [2.05, 4.69) is 183 Å². The first-order valence-electron chi connectivity index (χ1n) is 18.8. The molecule has 0 fully saturated rings. The molecule has 0 bridgehead atoms. The number of hydrogen-bond donors (Lipinski definition) is 0. The Morgan fingerprint density at radius 3 is 1.47 bits per heavy atom. The molecule has 0 aliphatic carbocycles. The number of para-hydroxylation sites is 5. The quantitative estimate of drug-likeness (QED) is 0.184. The summed E-state index contributed by atoms with van der Waals surface area (Å²) in [5.74, 6) is 0.662. The summed E-state index contributed by atoms with van der Waals surface area (Å²) in [6.07, 6.45) is 0. The molecule has 8 aromatic carbocycles. The molecular weight excluding hydrogens is 671 g/mol. The van der Waals surface area contributed by atoms with Crippen LogP contribution in [-0.2, 0) is 0 Å². The van der Waals surface area contributed by atoms with Crippen LogP contribution in [0.1, 0.15) is 0 Å². The van der Waals surface area contributed by atoms with Crippen molar-refractivity contribution < 1.29 is 0 Å². The van der Waals surface area contributed by atoms with Crippen LogP contribution in [0.4, 0.5) is 0 Å². The first kappa shape index (κ1) is 29.0. The number of aromatic nitrogens is 5. The molecule has 0 spiro atoms. The van der Waals surface area contributed by atoms with E-state index in [0.717, 1.165) is 38.9 Å². The Morgan fingerprint density at radius 2 is 0.836 bits per heavy atom. The van der Waals surface area contributed by atoms with Crippen LogP contribution in [0.3, 0.4) is 0 Å². The van der Waals surface area contributed by atoms with Gasteiger partial charge in [0.25, 0.3) is 0 Å². The number of nitrogens with zero attached hydrogens (tertiary/aromatic N) is 5. The Kier molecular flexibility index (Phi) is 5.57. The molecule has 254 valence electrons. The number of benzene rings is 8. The molecule has 5 heteroatoms. The molecule has 0 saturated carbocycles. The van der Waals surface area contributed by atoms with Gasteiger partial charge in [0.1, 0.15) is 0 Å². The molecule has 55 heavy (non-hydrogen) atoms. The molecule has 0 radical (unpaired) electrons. The van der Waals surface area contributed by atoms with E-state index in [9.17, 15) is 0 Å². The van der Waals surface area contributed by atoms with E-state index in [1.54, 1.807) is 0 Å². The van der Waals surface area contributed by atoms with Gasteiger partial charge in [-0.1, -0.05) is 121 Å². The van der Waals surface area contributed by atoms with Crippen LogP contribution in [-0.4, -0.2) is 23.5 Å².